The molecule has 0 spiro atoms. The zero-order valence-electron chi connectivity index (χ0n) is 19.7. The Kier molecular flexibility index (Phi) is 7.03. The number of aryl methyl sites for hydroxylation is 1. The van der Waals surface area contributed by atoms with E-state index in [0.29, 0.717) is 44.8 Å². The average Bonchev–Trinajstić information content (AvgIpc) is 3.12. The number of benzene rings is 2. The van der Waals surface area contributed by atoms with Crippen molar-refractivity contribution in [1.29, 1.82) is 0 Å². The first kappa shape index (κ1) is 24.5. The Morgan fingerprint density at radius 1 is 0.914 bits per heavy atom. The molecule has 35 heavy (non-hydrogen) atoms. The van der Waals surface area contributed by atoms with Crippen LogP contribution in [0.15, 0.2) is 41.3 Å². The largest absolute Gasteiger partial charge is 0.345 e. The molecule has 3 heterocycles. The molecule has 3 aromatic rings. The van der Waals surface area contributed by atoms with E-state index in [2.05, 4.69) is 4.90 Å². The second-order valence-electron chi connectivity index (χ2n) is 9.14. The zero-order chi connectivity index (χ0) is 24.6. The number of aromatic nitrogens is 1. The van der Waals surface area contributed by atoms with Gasteiger partial charge in [0.2, 0.25) is 10.0 Å². The lowest BCUT2D eigenvalue weighted by Gasteiger charge is -2.34. The minimum atomic E-state index is -3.52. The molecular weight excluding hydrogens is 504 g/mol. The van der Waals surface area contributed by atoms with E-state index in [1.165, 1.54) is 0 Å². The molecule has 186 valence electrons. The molecule has 0 N–H and O–H groups in total. The van der Waals surface area contributed by atoms with Gasteiger partial charge in [0.25, 0.3) is 5.91 Å². The van der Waals surface area contributed by atoms with Crippen molar-refractivity contribution >= 4 is 54.2 Å². The first-order chi connectivity index (χ1) is 16.8. The molecule has 10 heteroatoms. The normalized spacial score (nSPS) is 18.1. The Labute approximate surface area is 215 Å². The standard InChI is InChI=1S/C25H29ClN4O3S2/c1-18-21(26)10-11-22-23(18)27-25(34-22)29-16-14-28(15-17-29)24(31)19-6-8-20(9-7-19)35(32,33)30-12-4-2-3-5-13-30/h6-11H,2-5,12-17H2,1H3. The third-order valence-electron chi connectivity index (χ3n) is 6.88. The molecule has 5 rings (SSSR count). The number of sulfonamides is 1. The number of hydrogen-bond donors (Lipinski definition) is 0. The number of thiazole rings is 1. The number of carbonyl (C=O) groups is 1. The monoisotopic (exact) mass is 532 g/mol. The van der Waals surface area contributed by atoms with Crippen molar-refractivity contribution in [3.8, 4) is 0 Å². The van der Waals surface area contributed by atoms with Crippen LogP contribution in [0, 0.1) is 6.92 Å². The highest BCUT2D eigenvalue weighted by atomic mass is 35.5. The number of fused-ring (bicyclic) bond motifs is 1. The molecule has 7 nitrogen and oxygen atoms in total. The van der Waals surface area contributed by atoms with E-state index in [-0.39, 0.29) is 10.8 Å². The first-order valence-electron chi connectivity index (χ1n) is 12.0. The van der Waals surface area contributed by atoms with Crippen LogP contribution >= 0.6 is 22.9 Å². The van der Waals surface area contributed by atoms with Crippen molar-refractivity contribution in [2.75, 3.05) is 44.2 Å². The first-order valence-corrected chi connectivity index (χ1v) is 14.7. The summed E-state index contributed by atoms with van der Waals surface area (Å²) in [6.45, 7) is 5.67. The number of rotatable bonds is 4. The summed E-state index contributed by atoms with van der Waals surface area (Å²) in [5.74, 6) is -0.0738. The van der Waals surface area contributed by atoms with E-state index in [1.54, 1.807) is 39.9 Å². The fraction of sp³-hybridized carbons (Fsp3) is 0.440. The fourth-order valence-electron chi connectivity index (χ4n) is 4.71. The van der Waals surface area contributed by atoms with Crippen LogP contribution in [0.2, 0.25) is 5.02 Å². The average molecular weight is 533 g/mol. The van der Waals surface area contributed by atoms with Gasteiger partial charge in [-0.25, -0.2) is 13.4 Å². The Morgan fingerprint density at radius 3 is 2.23 bits per heavy atom. The summed E-state index contributed by atoms with van der Waals surface area (Å²) in [5, 5.41) is 1.66. The van der Waals surface area contributed by atoms with Gasteiger partial charge in [-0.15, -0.1) is 0 Å². The lowest BCUT2D eigenvalue weighted by molar-refractivity contribution is 0.0746. The second kappa shape index (κ2) is 10.0. The molecule has 0 unspecified atom stereocenters. The highest BCUT2D eigenvalue weighted by Gasteiger charge is 2.27. The molecule has 1 amide bonds. The third-order valence-corrected chi connectivity index (χ3v) is 10.3. The summed E-state index contributed by atoms with van der Waals surface area (Å²) in [6, 6.07) is 10.3. The van der Waals surface area contributed by atoms with Crippen LogP contribution in [0.1, 0.15) is 41.6 Å². The van der Waals surface area contributed by atoms with Crippen LogP contribution in [-0.2, 0) is 10.0 Å². The van der Waals surface area contributed by atoms with Crippen molar-refractivity contribution < 1.29 is 13.2 Å². The number of carbonyl (C=O) groups excluding carboxylic acids is 1. The summed E-state index contributed by atoms with van der Waals surface area (Å²) < 4.78 is 28.7. The quantitative estimate of drug-likeness (QED) is 0.483. The van der Waals surface area contributed by atoms with Gasteiger partial charge in [0.15, 0.2) is 5.13 Å². The molecule has 1 aromatic heterocycles. The summed E-state index contributed by atoms with van der Waals surface area (Å²) in [5.41, 5.74) is 2.44. The number of hydrogen-bond acceptors (Lipinski definition) is 6. The van der Waals surface area contributed by atoms with Crippen molar-refractivity contribution in [3.05, 3.63) is 52.5 Å². The van der Waals surface area contributed by atoms with Gasteiger partial charge in [-0.05, 0) is 61.7 Å². The lowest BCUT2D eigenvalue weighted by Crippen LogP contribution is -2.48. The molecule has 0 atom stereocenters. The number of amides is 1. The minimum Gasteiger partial charge on any atom is -0.345 e. The second-order valence-corrected chi connectivity index (χ2v) is 12.5. The number of anilines is 1. The van der Waals surface area contributed by atoms with E-state index < -0.39 is 10.0 Å². The number of halogens is 1. The Hall–Kier alpha value is -2.20. The predicted molar refractivity (Wildman–Crippen MR) is 141 cm³/mol. The van der Waals surface area contributed by atoms with Crippen LogP contribution < -0.4 is 4.90 Å². The van der Waals surface area contributed by atoms with Gasteiger partial charge in [0.05, 0.1) is 15.1 Å². The van der Waals surface area contributed by atoms with Crippen LogP contribution in [0.25, 0.3) is 10.2 Å². The van der Waals surface area contributed by atoms with Crippen LogP contribution in [0.4, 0.5) is 5.13 Å². The van der Waals surface area contributed by atoms with Gasteiger partial charge in [0, 0.05) is 49.9 Å². The van der Waals surface area contributed by atoms with E-state index in [4.69, 9.17) is 16.6 Å². The summed E-state index contributed by atoms with van der Waals surface area (Å²) in [7, 11) is -3.52. The van der Waals surface area contributed by atoms with Gasteiger partial charge >= 0.3 is 0 Å². The Balaban J connectivity index is 1.23. The van der Waals surface area contributed by atoms with Gasteiger partial charge in [-0.1, -0.05) is 35.8 Å². The van der Waals surface area contributed by atoms with E-state index in [9.17, 15) is 13.2 Å². The molecule has 2 aromatic carbocycles. The highest BCUT2D eigenvalue weighted by molar-refractivity contribution is 7.89. The zero-order valence-corrected chi connectivity index (χ0v) is 22.1. The van der Waals surface area contributed by atoms with E-state index in [0.717, 1.165) is 51.6 Å². The van der Waals surface area contributed by atoms with Gasteiger partial charge in [-0.2, -0.15) is 4.31 Å². The maximum Gasteiger partial charge on any atom is 0.253 e. The van der Waals surface area contributed by atoms with Crippen LogP contribution in [-0.4, -0.2) is 67.8 Å². The van der Waals surface area contributed by atoms with E-state index in [1.807, 2.05) is 24.0 Å². The fourth-order valence-corrected chi connectivity index (χ4v) is 7.45. The van der Waals surface area contributed by atoms with Gasteiger partial charge < -0.3 is 9.80 Å². The summed E-state index contributed by atoms with van der Waals surface area (Å²) in [6.07, 6.45) is 3.93. The number of piperazine rings is 1. The Bertz CT molecular complexity index is 1320. The Morgan fingerprint density at radius 2 is 1.57 bits per heavy atom. The van der Waals surface area contributed by atoms with Crippen molar-refractivity contribution in [3.63, 3.8) is 0 Å². The molecule has 0 radical (unpaired) electrons. The number of nitrogens with zero attached hydrogens (tertiary/aromatic N) is 4. The summed E-state index contributed by atoms with van der Waals surface area (Å²) in [4.78, 5) is 22.2. The van der Waals surface area contributed by atoms with Crippen LogP contribution in [0.5, 0.6) is 0 Å². The van der Waals surface area contributed by atoms with Crippen molar-refractivity contribution in [2.24, 2.45) is 0 Å². The molecule has 2 fully saturated rings. The SMILES string of the molecule is Cc1c(Cl)ccc2sc(N3CCN(C(=O)c4ccc(S(=O)(=O)N5CCCCCC5)cc4)CC3)nc12. The molecule has 0 aliphatic carbocycles. The van der Waals surface area contributed by atoms with Crippen molar-refractivity contribution in [1.82, 2.24) is 14.2 Å². The molecule has 2 saturated heterocycles. The lowest BCUT2D eigenvalue weighted by atomic mass is 10.2. The van der Waals surface area contributed by atoms with Crippen molar-refractivity contribution in [2.45, 2.75) is 37.5 Å². The smallest absolute Gasteiger partial charge is 0.253 e. The maximum atomic E-state index is 13.1. The minimum absolute atomic E-state index is 0.0738. The van der Waals surface area contributed by atoms with Crippen LogP contribution in [0.3, 0.4) is 0 Å². The topological polar surface area (TPSA) is 73.8 Å². The molecule has 0 bridgehead atoms. The summed E-state index contributed by atoms with van der Waals surface area (Å²) >= 11 is 7.89. The van der Waals surface area contributed by atoms with E-state index >= 15 is 0 Å². The maximum absolute atomic E-state index is 13.1. The predicted octanol–water partition coefficient (Wildman–Crippen LogP) is 4.79. The molecule has 0 saturated carbocycles. The van der Waals surface area contributed by atoms with Gasteiger partial charge in [-0.3, -0.25) is 4.79 Å². The molecule has 2 aliphatic rings. The van der Waals surface area contributed by atoms with Gasteiger partial charge in [0.1, 0.15) is 0 Å². The molecule has 2 aliphatic heterocycles. The third kappa shape index (κ3) is 4.91. The highest BCUT2D eigenvalue weighted by Crippen LogP contribution is 2.34. The molecular formula is C25H29ClN4O3S2.